The molecule has 2 fully saturated rings. The molecule has 278 valence electrons. The fourth-order valence-corrected chi connectivity index (χ4v) is 7.37. The van der Waals surface area contributed by atoms with Crippen molar-refractivity contribution in [2.24, 2.45) is 28.8 Å². The molecular formula is C37H60N2O10. The van der Waals surface area contributed by atoms with Gasteiger partial charge in [0, 0.05) is 30.9 Å². The van der Waals surface area contributed by atoms with E-state index in [2.05, 4.69) is 5.16 Å². The maximum atomic E-state index is 14.1. The molecule has 12 nitrogen and oxygen atoms in total. The summed E-state index contributed by atoms with van der Waals surface area (Å²) in [5.74, 6) is -4.65. The minimum atomic E-state index is -1.90. The van der Waals surface area contributed by atoms with Crippen LogP contribution < -0.4 is 0 Å². The second-order valence-electron chi connectivity index (χ2n) is 14.7. The lowest BCUT2D eigenvalue weighted by Crippen LogP contribution is -2.60. The van der Waals surface area contributed by atoms with Gasteiger partial charge in [-0.15, -0.1) is 0 Å². The number of esters is 1. The minimum Gasteiger partial charge on any atom is -0.459 e. The molecule has 2 aliphatic heterocycles. The first kappa shape index (κ1) is 41.0. The van der Waals surface area contributed by atoms with Crippen LogP contribution in [-0.2, 0) is 40.0 Å². The van der Waals surface area contributed by atoms with Gasteiger partial charge in [-0.2, -0.15) is 0 Å². The Balaban J connectivity index is 2.14. The van der Waals surface area contributed by atoms with E-state index in [9.17, 15) is 24.9 Å². The average Bonchev–Trinajstić information content (AvgIpc) is 3.06. The lowest BCUT2D eigenvalue weighted by molar-refractivity contribution is -0.295. The van der Waals surface area contributed by atoms with E-state index in [1.165, 1.54) is 21.0 Å². The zero-order chi connectivity index (χ0) is 36.8. The Bertz CT molecular complexity index is 1260. The fraction of sp³-hybridized carbons (Fsp3) is 0.757. The molecule has 1 unspecified atom stereocenters. The summed E-state index contributed by atoms with van der Waals surface area (Å²) in [6.07, 6.45) is -4.94. The van der Waals surface area contributed by atoms with E-state index in [1.54, 1.807) is 20.8 Å². The number of nitrogens with zero attached hydrogens (tertiary/aromatic N) is 2. The molecule has 0 amide bonds. The number of oxime groups is 1. The Labute approximate surface area is 292 Å². The normalized spacial score (nSPS) is 41.0. The molecule has 2 saturated heterocycles. The number of ether oxygens (including phenoxy) is 4. The number of rotatable bonds is 8. The number of hydrogen-bond acceptors (Lipinski definition) is 12. The van der Waals surface area contributed by atoms with Crippen LogP contribution in [0, 0.1) is 23.7 Å². The van der Waals surface area contributed by atoms with E-state index < -0.39 is 77.3 Å². The van der Waals surface area contributed by atoms with Crippen LogP contribution >= 0.6 is 0 Å². The molecule has 49 heavy (non-hydrogen) atoms. The number of benzene rings is 1. The van der Waals surface area contributed by atoms with Crippen LogP contribution in [-0.4, -0.2) is 113 Å². The third kappa shape index (κ3) is 9.46. The summed E-state index contributed by atoms with van der Waals surface area (Å²) < 4.78 is 24.7. The third-order valence-electron chi connectivity index (χ3n) is 10.6. The summed E-state index contributed by atoms with van der Waals surface area (Å²) >= 11 is 0. The van der Waals surface area contributed by atoms with Crippen LogP contribution in [0.2, 0.25) is 0 Å². The quantitative estimate of drug-likeness (QED) is 0.207. The molecule has 1 aromatic carbocycles. The number of ketones is 1. The smallest absolute Gasteiger partial charge is 0.316 e. The van der Waals surface area contributed by atoms with Crippen molar-refractivity contribution in [1.29, 1.82) is 0 Å². The molecule has 1 aromatic rings. The zero-order valence-corrected chi connectivity index (χ0v) is 31.2. The van der Waals surface area contributed by atoms with E-state index in [0.29, 0.717) is 12.1 Å². The highest BCUT2D eigenvalue weighted by atomic mass is 16.7. The number of cyclic esters (lactones) is 1. The molecule has 0 spiro atoms. The Morgan fingerprint density at radius 2 is 1.65 bits per heavy atom. The van der Waals surface area contributed by atoms with Gasteiger partial charge in [-0.3, -0.25) is 9.59 Å². The Morgan fingerprint density at radius 3 is 2.22 bits per heavy atom. The second-order valence-corrected chi connectivity index (χ2v) is 14.7. The SMILES string of the molecule is CCC1OC(=O)[C@H](C)C(=O)[C@H](C)[C@@H](O[C@@H]2O[C@H](C)C[C@H](N(C)C)[C@H]2O)[C@](C)(OC)C[C@@H](C)/C(=N\OCc2ccccc2)[C@H](C)[C@@H](O)[C@]1(C)O. The first-order valence-electron chi connectivity index (χ1n) is 17.5. The summed E-state index contributed by atoms with van der Waals surface area (Å²) in [4.78, 5) is 35.3. The van der Waals surface area contributed by atoms with Gasteiger partial charge in [-0.05, 0) is 66.6 Å². The van der Waals surface area contributed by atoms with Crippen molar-refractivity contribution in [2.75, 3.05) is 21.2 Å². The number of aliphatic hydroxyl groups excluding tert-OH is 2. The maximum absolute atomic E-state index is 14.1. The van der Waals surface area contributed by atoms with Gasteiger partial charge in [0.15, 0.2) is 12.1 Å². The van der Waals surface area contributed by atoms with Crippen molar-refractivity contribution in [3.05, 3.63) is 35.9 Å². The summed E-state index contributed by atoms with van der Waals surface area (Å²) in [5, 5.41) is 39.3. The molecule has 13 atom stereocenters. The minimum absolute atomic E-state index is 0.171. The molecule has 12 heteroatoms. The molecule has 3 rings (SSSR count). The third-order valence-corrected chi connectivity index (χ3v) is 10.6. The fourth-order valence-electron chi connectivity index (χ4n) is 7.37. The maximum Gasteiger partial charge on any atom is 0.316 e. The molecule has 2 heterocycles. The van der Waals surface area contributed by atoms with Crippen molar-refractivity contribution < 1.29 is 48.7 Å². The number of Topliss-reactive ketones (excluding diaryl/α,β-unsaturated/α-hetero) is 1. The van der Waals surface area contributed by atoms with Crippen LogP contribution in [0.15, 0.2) is 35.5 Å². The van der Waals surface area contributed by atoms with Crippen molar-refractivity contribution in [3.63, 3.8) is 0 Å². The highest BCUT2D eigenvalue weighted by molar-refractivity contribution is 6.00. The summed E-state index contributed by atoms with van der Waals surface area (Å²) in [6, 6.07) is 9.25. The van der Waals surface area contributed by atoms with Crippen LogP contribution in [0.3, 0.4) is 0 Å². The van der Waals surface area contributed by atoms with E-state index in [1.807, 2.05) is 70.1 Å². The lowest BCUT2D eigenvalue weighted by Gasteiger charge is -2.47. The van der Waals surface area contributed by atoms with Crippen LogP contribution in [0.1, 0.15) is 80.2 Å². The second kappa shape index (κ2) is 17.2. The predicted octanol–water partition coefficient (Wildman–Crippen LogP) is 3.73. The average molecular weight is 693 g/mol. The molecule has 3 N–H and O–H groups in total. The lowest BCUT2D eigenvalue weighted by atomic mass is 9.74. The van der Waals surface area contributed by atoms with Gasteiger partial charge in [0.2, 0.25) is 0 Å². The van der Waals surface area contributed by atoms with Gasteiger partial charge in [0.25, 0.3) is 0 Å². The molecule has 2 aliphatic rings. The highest BCUT2D eigenvalue weighted by Crippen LogP contribution is 2.38. The van der Waals surface area contributed by atoms with Gasteiger partial charge >= 0.3 is 5.97 Å². The predicted molar refractivity (Wildman–Crippen MR) is 184 cm³/mol. The standard InChI is InChI=1S/C37H60N2O10/c1-12-28-37(8,44)32(42)23(4)29(38-46-20-26-16-14-13-15-17-26)21(2)19-36(7,45-11)33(24(5)30(40)25(6)34(43)48-28)49-35-31(41)27(39(9)10)18-22(3)47-35/h13-17,21-25,27-28,31-33,35,41-42,44H,12,18-20H2,1-11H3/b38-29+/t21-,22-,23+,24+,25-,27+,28?,31-,32-,33-,35+,36-,37-/m1/s1. The molecule has 0 aromatic heterocycles. The highest BCUT2D eigenvalue weighted by Gasteiger charge is 2.51. The molecular weight excluding hydrogens is 632 g/mol. The van der Waals surface area contributed by atoms with Crippen molar-refractivity contribution >= 4 is 17.5 Å². The van der Waals surface area contributed by atoms with Crippen LogP contribution in [0.5, 0.6) is 0 Å². The zero-order valence-electron chi connectivity index (χ0n) is 31.2. The van der Waals surface area contributed by atoms with Crippen molar-refractivity contribution in [2.45, 2.75) is 135 Å². The first-order chi connectivity index (χ1) is 22.9. The van der Waals surface area contributed by atoms with E-state index >= 15 is 0 Å². The van der Waals surface area contributed by atoms with E-state index in [4.69, 9.17) is 23.8 Å². The summed E-state index contributed by atoms with van der Waals surface area (Å²) in [6.45, 7) is 13.8. The number of aliphatic hydroxyl groups is 3. The van der Waals surface area contributed by atoms with Crippen LogP contribution in [0.4, 0.5) is 0 Å². The molecule has 0 bridgehead atoms. The number of hydrogen-bond donors (Lipinski definition) is 3. The van der Waals surface area contributed by atoms with Gasteiger partial charge < -0.3 is 44.0 Å². The molecule has 0 radical (unpaired) electrons. The number of carbonyl (C=O) groups excluding carboxylic acids is 2. The van der Waals surface area contributed by atoms with E-state index in [0.717, 1.165) is 5.56 Å². The van der Waals surface area contributed by atoms with E-state index in [-0.39, 0.29) is 31.6 Å². The largest absolute Gasteiger partial charge is 0.459 e. The monoisotopic (exact) mass is 692 g/mol. The Kier molecular flexibility index (Phi) is 14.4. The molecule has 0 saturated carbocycles. The van der Waals surface area contributed by atoms with Crippen molar-refractivity contribution in [3.8, 4) is 0 Å². The van der Waals surface area contributed by atoms with Crippen LogP contribution in [0.25, 0.3) is 0 Å². The van der Waals surface area contributed by atoms with Gasteiger partial charge in [-0.25, -0.2) is 0 Å². The van der Waals surface area contributed by atoms with Gasteiger partial charge in [-0.1, -0.05) is 63.2 Å². The van der Waals surface area contributed by atoms with Gasteiger partial charge in [0.05, 0.1) is 29.6 Å². The summed E-state index contributed by atoms with van der Waals surface area (Å²) in [7, 11) is 5.27. The number of carbonyl (C=O) groups is 2. The summed E-state index contributed by atoms with van der Waals surface area (Å²) in [5.41, 5.74) is -1.77. The number of methoxy groups -OCH3 is 1. The topological polar surface area (TPSA) is 157 Å². The first-order valence-corrected chi connectivity index (χ1v) is 17.5. The molecule has 0 aliphatic carbocycles. The van der Waals surface area contributed by atoms with Crippen molar-refractivity contribution in [1.82, 2.24) is 4.90 Å². The Morgan fingerprint density at radius 1 is 1.02 bits per heavy atom. The Hall–Kier alpha value is -2.45. The van der Waals surface area contributed by atoms with Gasteiger partial charge in [0.1, 0.15) is 30.3 Å². The number of likely N-dealkylation sites (N-methyl/N-ethyl adjacent to an activating group) is 1.